The molecule has 1 heterocycles. The molecular weight excluding hydrogens is 238 g/mol. The lowest BCUT2D eigenvalue weighted by molar-refractivity contribution is 0.194. The summed E-state index contributed by atoms with van der Waals surface area (Å²) in [5.74, 6) is 1.29. The molecule has 0 aliphatic heterocycles. The van der Waals surface area contributed by atoms with Crippen LogP contribution in [0.3, 0.4) is 0 Å². The summed E-state index contributed by atoms with van der Waals surface area (Å²) in [6, 6.07) is 7.73. The van der Waals surface area contributed by atoms with Gasteiger partial charge in [0.2, 0.25) is 5.88 Å². The molecule has 19 heavy (non-hydrogen) atoms. The molecule has 2 rings (SSSR count). The monoisotopic (exact) mass is 257 g/mol. The van der Waals surface area contributed by atoms with Crippen molar-refractivity contribution in [3.8, 4) is 11.6 Å². The summed E-state index contributed by atoms with van der Waals surface area (Å²) in [7, 11) is 0. The van der Waals surface area contributed by atoms with E-state index >= 15 is 0 Å². The molecule has 0 fully saturated rings. The van der Waals surface area contributed by atoms with Crippen LogP contribution in [0.2, 0.25) is 0 Å². The summed E-state index contributed by atoms with van der Waals surface area (Å²) in [6.45, 7) is 7.80. The van der Waals surface area contributed by atoms with Crippen LogP contribution in [0.15, 0.2) is 30.5 Å². The topological polar surface area (TPSA) is 42.4 Å². The number of rotatable bonds is 3. The maximum absolute atomic E-state index is 9.76. The van der Waals surface area contributed by atoms with Crippen molar-refractivity contribution in [2.45, 2.75) is 33.8 Å². The highest BCUT2D eigenvalue weighted by atomic mass is 16.5. The van der Waals surface area contributed by atoms with Crippen LogP contribution >= 0.6 is 0 Å². The molecule has 0 aliphatic carbocycles. The third-order valence-electron chi connectivity index (χ3n) is 3.32. The van der Waals surface area contributed by atoms with E-state index in [2.05, 4.69) is 18.0 Å². The van der Waals surface area contributed by atoms with Gasteiger partial charge >= 0.3 is 0 Å². The average Bonchev–Trinajstić information content (AvgIpc) is 2.39. The normalized spacial score (nSPS) is 12.3. The van der Waals surface area contributed by atoms with Gasteiger partial charge in [0, 0.05) is 11.8 Å². The molecule has 0 bridgehead atoms. The van der Waals surface area contributed by atoms with Crippen LogP contribution in [0.1, 0.15) is 35.3 Å². The van der Waals surface area contributed by atoms with Crippen LogP contribution in [-0.4, -0.2) is 10.1 Å². The highest BCUT2D eigenvalue weighted by molar-refractivity contribution is 5.47. The lowest BCUT2D eigenvalue weighted by Crippen LogP contribution is -2.00. The van der Waals surface area contributed by atoms with Crippen LogP contribution in [0, 0.1) is 20.8 Å². The molecule has 1 aromatic carbocycles. The van der Waals surface area contributed by atoms with Crippen LogP contribution in [0.25, 0.3) is 0 Å². The molecule has 3 heteroatoms. The Morgan fingerprint density at radius 3 is 2.47 bits per heavy atom. The van der Waals surface area contributed by atoms with E-state index in [9.17, 15) is 5.11 Å². The maximum atomic E-state index is 9.76. The zero-order chi connectivity index (χ0) is 14.0. The van der Waals surface area contributed by atoms with Crippen LogP contribution in [-0.2, 0) is 0 Å². The van der Waals surface area contributed by atoms with Gasteiger partial charge in [0.15, 0.2) is 0 Å². The van der Waals surface area contributed by atoms with Gasteiger partial charge in [-0.2, -0.15) is 0 Å². The summed E-state index contributed by atoms with van der Waals surface area (Å²) in [5, 5.41) is 9.76. The van der Waals surface area contributed by atoms with Gasteiger partial charge in [-0.3, -0.25) is 0 Å². The number of nitrogens with zero attached hydrogens (tertiary/aromatic N) is 1. The van der Waals surface area contributed by atoms with Crippen molar-refractivity contribution >= 4 is 0 Å². The fourth-order valence-corrected chi connectivity index (χ4v) is 1.99. The fraction of sp³-hybridized carbons (Fsp3) is 0.312. The van der Waals surface area contributed by atoms with Crippen molar-refractivity contribution < 1.29 is 9.84 Å². The molecule has 1 aromatic heterocycles. The second-order valence-electron chi connectivity index (χ2n) is 4.83. The Labute approximate surface area is 113 Å². The number of hydrogen-bond acceptors (Lipinski definition) is 3. The number of ether oxygens (including phenoxy) is 1. The first kappa shape index (κ1) is 13.6. The molecule has 1 atom stereocenters. The van der Waals surface area contributed by atoms with Gasteiger partial charge < -0.3 is 9.84 Å². The summed E-state index contributed by atoms with van der Waals surface area (Å²) in [4.78, 5) is 4.22. The fourth-order valence-electron chi connectivity index (χ4n) is 1.99. The summed E-state index contributed by atoms with van der Waals surface area (Å²) in [6.07, 6.45) is 1.07. The maximum Gasteiger partial charge on any atom is 0.225 e. The van der Waals surface area contributed by atoms with Gasteiger partial charge in [-0.25, -0.2) is 4.98 Å². The molecule has 0 unspecified atom stereocenters. The Kier molecular flexibility index (Phi) is 3.86. The molecule has 0 amide bonds. The number of pyridine rings is 1. The Balaban J connectivity index is 2.45. The van der Waals surface area contributed by atoms with Crippen molar-refractivity contribution in [3.63, 3.8) is 0 Å². The smallest absolute Gasteiger partial charge is 0.225 e. The first-order chi connectivity index (χ1) is 9.00. The van der Waals surface area contributed by atoms with Crippen molar-refractivity contribution in [1.29, 1.82) is 0 Å². The van der Waals surface area contributed by atoms with E-state index in [-0.39, 0.29) is 0 Å². The average molecular weight is 257 g/mol. The second-order valence-corrected chi connectivity index (χ2v) is 4.83. The molecule has 0 saturated heterocycles. The molecule has 1 N–H and O–H groups in total. The number of aliphatic hydroxyl groups excluding tert-OH is 1. The lowest BCUT2D eigenvalue weighted by atomic mass is 10.1. The first-order valence-electron chi connectivity index (χ1n) is 6.38. The second kappa shape index (κ2) is 5.41. The molecule has 0 saturated carbocycles. The van der Waals surface area contributed by atoms with E-state index in [0.717, 1.165) is 16.9 Å². The zero-order valence-corrected chi connectivity index (χ0v) is 11.8. The van der Waals surface area contributed by atoms with E-state index in [1.807, 2.05) is 26.0 Å². The minimum absolute atomic E-state index is 0.467. The van der Waals surface area contributed by atoms with Gasteiger partial charge in [-0.05, 0) is 56.5 Å². The number of benzene rings is 1. The first-order valence-corrected chi connectivity index (χ1v) is 6.38. The molecule has 3 nitrogen and oxygen atoms in total. The standard InChI is InChI=1S/C16H19NO2/c1-10-7-8-11(2)15(12(10)3)19-16-14(13(4)18)6-5-9-17-16/h5-9,13,18H,1-4H3/t13-/m0/s1. The molecule has 100 valence electrons. The quantitative estimate of drug-likeness (QED) is 0.908. The van der Waals surface area contributed by atoms with Gasteiger partial charge in [0.25, 0.3) is 0 Å². The molecule has 0 radical (unpaired) electrons. The molecule has 0 aliphatic rings. The third-order valence-corrected chi connectivity index (χ3v) is 3.32. The predicted octanol–water partition coefficient (Wildman–Crippen LogP) is 3.85. The van der Waals surface area contributed by atoms with Crippen molar-refractivity contribution in [1.82, 2.24) is 4.98 Å². The lowest BCUT2D eigenvalue weighted by Gasteiger charge is -2.16. The van der Waals surface area contributed by atoms with E-state index < -0.39 is 6.10 Å². The van der Waals surface area contributed by atoms with Crippen molar-refractivity contribution in [2.75, 3.05) is 0 Å². The molecular formula is C16H19NO2. The van der Waals surface area contributed by atoms with Gasteiger partial charge in [0.1, 0.15) is 5.75 Å². The van der Waals surface area contributed by atoms with Gasteiger partial charge in [-0.15, -0.1) is 0 Å². The Morgan fingerprint density at radius 2 is 1.79 bits per heavy atom. The van der Waals surface area contributed by atoms with Crippen LogP contribution in [0.4, 0.5) is 0 Å². The summed E-state index contributed by atoms with van der Waals surface area (Å²) >= 11 is 0. The van der Waals surface area contributed by atoms with Crippen molar-refractivity contribution in [3.05, 3.63) is 52.7 Å². The minimum Gasteiger partial charge on any atom is -0.438 e. The highest BCUT2D eigenvalue weighted by Gasteiger charge is 2.14. The molecule has 2 aromatic rings. The zero-order valence-electron chi connectivity index (χ0n) is 11.8. The summed E-state index contributed by atoms with van der Waals surface area (Å²) in [5.41, 5.74) is 4.03. The Morgan fingerprint density at radius 1 is 1.11 bits per heavy atom. The minimum atomic E-state index is -0.603. The summed E-state index contributed by atoms with van der Waals surface area (Å²) < 4.78 is 5.94. The third kappa shape index (κ3) is 2.76. The number of aromatic nitrogens is 1. The Hall–Kier alpha value is -1.87. The predicted molar refractivity (Wildman–Crippen MR) is 75.6 cm³/mol. The SMILES string of the molecule is Cc1ccc(C)c(Oc2ncccc2[C@H](C)O)c1C. The number of hydrogen-bond donors (Lipinski definition) is 1. The van der Waals surface area contributed by atoms with Gasteiger partial charge in [-0.1, -0.05) is 12.1 Å². The van der Waals surface area contributed by atoms with Crippen molar-refractivity contribution in [2.24, 2.45) is 0 Å². The van der Waals surface area contributed by atoms with Crippen LogP contribution < -0.4 is 4.74 Å². The largest absolute Gasteiger partial charge is 0.438 e. The highest BCUT2D eigenvalue weighted by Crippen LogP contribution is 2.32. The van der Waals surface area contributed by atoms with E-state index in [1.54, 1.807) is 19.2 Å². The number of aryl methyl sites for hydroxylation is 2. The number of aliphatic hydroxyl groups is 1. The molecule has 0 spiro atoms. The van der Waals surface area contributed by atoms with E-state index in [4.69, 9.17) is 4.74 Å². The van der Waals surface area contributed by atoms with E-state index in [1.165, 1.54) is 5.56 Å². The van der Waals surface area contributed by atoms with Gasteiger partial charge in [0.05, 0.1) is 6.10 Å². The van der Waals surface area contributed by atoms with Crippen LogP contribution in [0.5, 0.6) is 11.6 Å². The Bertz CT molecular complexity index is 591. The van der Waals surface area contributed by atoms with E-state index in [0.29, 0.717) is 11.4 Å².